The first-order valence-electron chi connectivity index (χ1n) is 13.5. The van der Waals surface area contributed by atoms with Crippen LogP contribution in [-0.2, 0) is 14.4 Å². The topological polar surface area (TPSA) is 101 Å². The number of nitrogens with two attached hydrogens (primary N) is 1. The molecule has 5 aliphatic carbocycles. The monoisotopic (exact) mass is 488 g/mol. The van der Waals surface area contributed by atoms with Gasteiger partial charge in [0.2, 0.25) is 5.91 Å². The van der Waals surface area contributed by atoms with Gasteiger partial charge < -0.3 is 5.73 Å². The molecule has 0 aliphatic heterocycles. The lowest BCUT2D eigenvalue weighted by atomic mass is 9.37. The Bertz CT molecular complexity index is 1260. The number of fused-ring (bicyclic) bond motifs is 6. The van der Waals surface area contributed by atoms with Gasteiger partial charge in [0.05, 0.1) is 11.0 Å². The Hall–Kier alpha value is -2.48. The van der Waals surface area contributed by atoms with Crippen LogP contribution in [0.4, 0.5) is 0 Å². The van der Waals surface area contributed by atoms with Crippen LogP contribution >= 0.6 is 0 Å². The van der Waals surface area contributed by atoms with Crippen molar-refractivity contribution >= 4 is 17.5 Å². The van der Waals surface area contributed by atoms with E-state index >= 15 is 0 Å². The molecule has 0 aromatic carbocycles. The van der Waals surface area contributed by atoms with Crippen molar-refractivity contribution in [1.29, 1.82) is 5.26 Å². The number of rotatable bonds is 1. The Labute approximate surface area is 215 Å². The summed E-state index contributed by atoms with van der Waals surface area (Å²) in [5.74, 6) is -0.380. The number of amides is 1. The minimum atomic E-state index is -0.726. The fraction of sp³-hybridized carbons (Fsp3) is 0.677. The Balaban J connectivity index is 1.79. The number of hydrogen-bond donors (Lipinski definition) is 1. The molecule has 0 heterocycles. The molecule has 2 N–H and O–H groups in total. The summed E-state index contributed by atoms with van der Waals surface area (Å²) in [7, 11) is 0. The lowest BCUT2D eigenvalue weighted by molar-refractivity contribution is -0.133. The van der Waals surface area contributed by atoms with E-state index in [1.54, 1.807) is 0 Å². The molecule has 2 saturated carbocycles. The highest BCUT2D eigenvalue weighted by Gasteiger charge is 2.67. The van der Waals surface area contributed by atoms with Gasteiger partial charge in [-0.3, -0.25) is 14.4 Å². The van der Waals surface area contributed by atoms with Gasteiger partial charge in [0, 0.05) is 21.8 Å². The number of hydrogen-bond acceptors (Lipinski definition) is 4. The molecule has 5 aliphatic rings. The second-order valence-electron chi connectivity index (χ2n) is 14.3. The zero-order valence-electron chi connectivity index (χ0n) is 22.9. The Kier molecular flexibility index (Phi) is 4.96. The normalized spacial score (nSPS) is 42.7. The molecule has 0 aromatic heterocycles. The molecule has 192 valence electrons. The van der Waals surface area contributed by atoms with E-state index < -0.39 is 21.7 Å². The van der Waals surface area contributed by atoms with Crippen molar-refractivity contribution in [3.8, 4) is 6.07 Å². The summed E-state index contributed by atoms with van der Waals surface area (Å²) in [6.45, 7) is 15.0. The highest BCUT2D eigenvalue weighted by molar-refractivity contribution is 6.10. The molecule has 0 radical (unpaired) electrons. The van der Waals surface area contributed by atoms with Gasteiger partial charge in [-0.05, 0) is 78.9 Å². The van der Waals surface area contributed by atoms with Crippen molar-refractivity contribution in [1.82, 2.24) is 0 Å². The molecular weight excluding hydrogens is 448 g/mol. The molecule has 0 bridgehead atoms. The van der Waals surface area contributed by atoms with Crippen molar-refractivity contribution in [2.75, 3.05) is 0 Å². The summed E-state index contributed by atoms with van der Waals surface area (Å²) in [6, 6.07) is 2.15. The number of Topliss-reactive ketones (excluding diaryl/α,β-unsaturated/α-hetero) is 1. The fourth-order valence-electron chi connectivity index (χ4n) is 9.31. The number of primary amides is 1. The van der Waals surface area contributed by atoms with Crippen LogP contribution in [0.15, 0.2) is 34.4 Å². The maximum Gasteiger partial charge on any atom is 0.227 e. The summed E-state index contributed by atoms with van der Waals surface area (Å²) in [4.78, 5) is 40.3. The van der Waals surface area contributed by atoms with Crippen LogP contribution in [0, 0.1) is 49.7 Å². The average molecular weight is 489 g/mol. The van der Waals surface area contributed by atoms with Crippen molar-refractivity contribution < 1.29 is 14.4 Å². The van der Waals surface area contributed by atoms with Crippen molar-refractivity contribution in [3.63, 3.8) is 0 Å². The molecule has 5 nitrogen and oxygen atoms in total. The standard InChI is InChI=1S/C31H40N2O3/c1-26(2)10-12-31(25(33)36)13-11-30(7)23(19(31)16-26)20(34)14-22-28(5)15-18(17-32)24(35)27(3,4)21(28)8-9-29(22,30)6/h14-15,21H,8-13,16H2,1-7H3,(H2,33,36)/t21?,28-,29+,30+,31-/m0/s1. The number of carbonyl (C=O) groups is 3. The quantitative estimate of drug-likeness (QED) is 0.507. The van der Waals surface area contributed by atoms with E-state index in [1.807, 2.05) is 26.0 Å². The van der Waals surface area contributed by atoms with Gasteiger partial charge in [0.25, 0.3) is 0 Å². The van der Waals surface area contributed by atoms with E-state index in [2.05, 4.69) is 40.7 Å². The third-order valence-electron chi connectivity index (χ3n) is 11.7. The van der Waals surface area contributed by atoms with Crippen molar-refractivity contribution in [3.05, 3.63) is 34.4 Å². The lowest BCUT2D eigenvalue weighted by Gasteiger charge is -2.65. The largest absolute Gasteiger partial charge is 0.369 e. The van der Waals surface area contributed by atoms with Gasteiger partial charge in [0.1, 0.15) is 6.07 Å². The van der Waals surface area contributed by atoms with Crippen LogP contribution in [0.3, 0.4) is 0 Å². The summed E-state index contributed by atoms with van der Waals surface area (Å²) >= 11 is 0. The first-order chi connectivity index (χ1) is 16.5. The van der Waals surface area contributed by atoms with Crippen LogP contribution in [0.1, 0.15) is 93.4 Å². The number of ketones is 2. The average Bonchev–Trinajstić information content (AvgIpc) is 2.77. The Morgan fingerprint density at radius 1 is 0.972 bits per heavy atom. The summed E-state index contributed by atoms with van der Waals surface area (Å²) in [5.41, 5.74) is 6.44. The predicted octanol–water partition coefficient (Wildman–Crippen LogP) is 5.76. The molecular formula is C31H40N2O3. The second kappa shape index (κ2) is 7.09. The van der Waals surface area contributed by atoms with Crippen LogP contribution in [0.5, 0.6) is 0 Å². The molecule has 2 fully saturated rings. The Morgan fingerprint density at radius 3 is 2.22 bits per heavy atom. The van der Waals surface area contributed by atoms with Crippen molar-refractivity contribution in [2.45, 2.75) is 93.4 Å². The molecule has 5 atom stereocenters. The van der Waals surface area contributed by atoms with Gasteiger partial charge in [-0.25, -0.2) is 0 Å². The van der Waals surface area contributed by atoms with Crippen LogP contribution in [0.2, 0.25) is 0 Å². The highest BCUT2D eigenvalue weighted by atomic mass is 16.1. The van der Waals surface area contributed by atoms with E-state index in [-0.39, 0.29) is 39.8 Å². The smallest absolute Gasteiger partial charge is 0.227 e. The molecule has 1 amide bonds. The maximum atomic E-state index is 14.2. The predicted molar refractivity (Wildman–Crippen MR) is 138 cm³/mol. The molecule has 1 unspecified atom stereocenters. The van der Waals surface area contributed by atoms with E-state index in [9.17, 15) is 19.6 Å². The van der Waals surface area contributed by atoms with Crippen LogP contribution < -0.4 is 5.73 Å². The molecule has 36 heavy (non-hydrogen) atoms. The number of carbonyl (C=O) groups excluding carboxylic acids is 3. The van der Waals surface area contributed by atoms with Crippen LogP contribution in [-0.4, -0.2) is 17.5 Å². The molecule has 0 spiro atoms. The Morgan fingerprint density at radius 2 is 1.61 bits per heavy atom. The third-order valence-corrected chi connectivity index (χ3v) is 11.7. The minimum Gasteiger partial charge on any atom is -0.369 e. The van der Waals surface area contributed by atoms with Crippen molar-refractivity contribution in [2.24, 2.45) is 44.1 Å². The number of nitriles is 1. The van der Waals surface area contributed by atoms with Gasteiger partial charge in [-0.15, -0.1) is 0 Å². The minimum absolute atomic E-state index is 0.00649. The number of nitrogens with zero attached hydrogens (tertiary/aromatic N) is 1. The summed E-state index contributed by atoms with van der Waals surface area (Å²) in [5, 5.41) is 9.83. The van der Waals surface area contributed by atoms with Gasteiger partial charge in [-0.1, -0.05) is 54.5 Å². The van der Waals surface area contributed by atoms with E-state index in [0.717, 1.165) is 42.4 Å². The van der Waals surface area contributed by atoms with E-state index in [4.69, 9.17) is 5.73 Å². The molecule has 5 rings (SSSR count). The van der Waals surface area contributed by atoms with E-state index in [0.29, 0.717) is 19.3 Å². The number of allylic oxidation sites excluding steroid dienone is 5. The fourth-order valence-corrected chi connectivity index (χ4v) is 9.31. The third kappa shape index (κ3) is 2.79. The van der Waals surface area contributed by atoms with Gasteiger partial charge >= 0.3 is 0 Å². The maximum absolute atomic E-state index is 14.2. The second-order valence-corrected chi connectivity index (χ2v) is 14.3. The molecule has 0 saturated heterocycles. The molecule has 5 heteroatoms. The summed E-state index contributed by atoms with van der Waals surface area (Å²) in [6.07, 6.45) is 9.13. The van der Waals surface area contributed by atoms with Gasteiger partial charge in [0.15, 0.2) is 11.6 Å². The summed E-state index contributed by atoms with van der Waals surface area (Å²) < 4.78 is 0. The first-order valence-corrected chi connectivity index (χ1v) is 13.5. The van der Waals surface area contributed by atoms with Gasteiger partial charge in [-0.2, -0.15) is 5.26 Å². The highest BCUT2D eigenvalue weighted by Crippen LogP contribution is 2.73. The first kappa shape index (κ1) is 25.2. The zero-order chi connectivity index (χ0) is 26.7. The van der Waals surface area contributed by atoms with E-state index in [1.165, 1.54) is 0 Å². The lowest BCUT2D eigenvalue weighted by Crippen LogP contribution is -2.60. The SMILES string of the molecule is CC1(C)CC[C@]2(C(N)=O)CC[C@]3(C)C(=C2C1)C(=O)C=C1[C@@]2(C)C=C(C#N)C(=O)C(C)(C)C2CC[C@]13C. The molecule has 0 aromatic rings. The zero-order valence-corrected chi connectivity index (χ0v) is 22.9. The van der Waals surface area contributed by atoms with Crippen LogP contribution in [0.25, 0.3) is 0 Å².